The van der Waals surface area contributed by atoms with Crippen molar-refractivity contribution in [2.45, 2.75) is 6.92 Å². The molecule has 2 nitrogen and oxygen atoms in total. The highest BCUT2D eigenvalue weighted by Gasteiger charge is 1.65. The lowest BCUT2D eigenvalue weighted by molar-refractivity contribution is 1.33. The molecule has 0 aromatic carbocycles. The van der Waals surface area contributed by atoms with Crippen LogP contribution >= 0.6 is 0 Å². The van der Waals surface area contributed by atoms with E-state index in [0.717, 1.165) is 5.70 Å². The fraction of sp³-hybridized carbons (Fsp3) is 0.400. The quantitative estimate of drug-likeness (QED) is 0.440. The molecule has 2 heteroatoms. The summed E-state index contributed by atoms with van der Waals surface area (Å²) in [5.74, 6) is 0. The summed E-state index contributed by atoms with van der Waals surface area (Å²) in [4.78, 5) is 7.13. The fourth-order valence-electron chi connectivity index (χ4n) is 0.135. The van der Waals surface area contributed by atoms with Gasteiger partial charge in [-0.25, -0.2) is 4.99 Å². The van der Waals surface area contributed by atoms with Crippen molar-refractivity contribution in [1.82, 2.24) is 0 Å². The van der Waals surface area contributed by atoms with Crippen molar-refractivity contribution in [3.05, 3.63) is 12.3 Å². The molecule has 0 fully saturated rings. The second kappa shape index (κ2) is 3.32. The smallest absolute Gasteiger partial charge is 0.0942 e. The van der Waals surface area contributed by atoms with Crippen molar-refractivity contribution >= 4 is 6.01 Å². The molecule has 0 aliphatic carbocycles. The summed E-state index contributed by atoms with van der Waals surface area (Å²) in [6.45, 7) is 5.29. The molecule has 0 aromatic rings. The number of rotatable bonds is 1. The van der Waals surface area contributed by atoms with Gasteiger partial charge < -0.3 is 0 Å². The Labute approximate surface area is 43.3 Å². The standard InChI is InChI=1S/C5H8N2/c1-5(2)7-4-6-3/h1H2,2-3H3. The van der Waals surface area contributed by atoms with E-state index in [1.54, 1.807) is 14.0 Å². The lowest BCUT2D eigenvalue weighted by Gasteiger charge is -1.72. The van der Waals surface area contributed by atoms with Crippen molar-refractivity contribution in [3.8, 4) is 0 Å². The highest BCUT2D eigenvalue weighted by atomic mass is 14.8. The summed E-state index contributed by atoms with van der Waals surface area (Å²) in [5, 5.41) is 0. The van der Waals surface area contributed by atoms with Crippen LogP contribution in [0.1, 0.15) is 6.92 Å². The molecule has 0 rings (SSSR count). The van der Waals surface area contributed by atoms with Gasteiger partial charge in [0.05, 0.1) is 6.01 Å². The maximum Gasteiger partial charge on any atom is 0.0942 e. The van der Waals surface area contributed by atoms with E-state index in [-0.39, 0.29) is 0 Å². The average molecular weight is 96.1 g/mol. The summed E-state index contributed by atoms with van der Waals surface area (Å²) in [6.07, 6.45) is 0. The SMILES string of the molecule is C=C(C)N=C=NC. The topological polar surface area (TPSA) is 24.7 Å². The lowest BCUT2D eigenvalue weighted by Crippen LogP contribution is -1.58. The van der Waals surface area contributed by atoms with Gasteiger partial charge in [0.1, 0.15) is 0 Å². The minimum Gasteiger partial charge on any atom is -0.229 e. The third-order valence-electron chi connectivity index (χ3n) is 0.341. The first-order chi connectivity index (χ1) is 3.27. The molecule has 0 radical (unpaired) electrons. The first-order valence-electron chi connectivity index (χ1n) is 1.97. The van der Waals surface area contributed by atoms with Crippen molar-refractivity contribution in [3.63, 3.8) is 0 Å². The van der Waals surface area contributed by atoms with Crippen molar-refractivity contribution in [2.24, 2.45) is 9.98 Å². The molecule has 7 heavy (non-hydrogen) atoms. The van der Waals surface area contributed by atoms with E-state index in [9.17, 15) is 0 Å². The molecule has 0 aromatic heterocycles. The predicted molar refractivity (Wildman–Crippen MR) is 30.6 cm³/mol. The predicted octanol–water partition coefficient (Wildman–Crippen LogP) is 1.32. The molecule has 0 unspecified atom stereocenters. The molecule has 38 valence electrons. The molecule has 0 N–H and O–H groups in total. The van der Waals surface area contributed by atoms with Crippen LogP contribution in [0.4, 0.5) is 0 Å². The van der Waals surface area contributed by atoms with E-state index >= 15 is 0 Å². The minimum atomic E-state index is 0.727. The van der Waals surface area contributed by atoms with Gasteiger partial charge in [0, 0.05) is 12.7 Å². The van der Waals surface area contributed by atoms with Gasteiger partial charge in [-0.1, -0.05) is 6.58 Å². The average Bonchev–Trinajstić information content (AvgIpc) is 1.61. The zero-order chi connectivity index (χ0) is 5.70. The van der Waals surface area contributed by atoms with Gasteiger partial charge in [-0.3, -0.25) is 0 Å². The van der Waals surface area contributed by atoms with E-state index < -0.39 is 0 Å². The minimum absolute atomic E-state index is 0.727. The fourth-order valence-corrected chi connectivity index (χ4v) is 0.135. The van der Waals surface area contributed by atoms with E-state index in [1.807, 2.05) is 0 Å². The largest absolute Gasteiger partial charge is 0.229 e. The van der Waals surface area contributed by atoms with Crippen LogP contribution in [0.25, 0.3) is 0 Å². The Balaban J connectivity index is 3.70. The lowest BCUT2D eigenvalue weighted by atomic mass is 10.6. The second-order valence-electron chi connectivity index (χ2n) is 1.17. The Hall–Kier alpha value is -0.880. The highest BCUT2D eigenvalue weighted by Crippen LogP contribution is 1.81. The molecule has 0 amide bonds. The van der Waals surface area contributed by atoms with Crippen LogP contribution in [0.5, 0.6) is 0 Å². The van der Waals surface area contributed by atoms with E-state index in [2.05, 4.69) is 22.6 Å². The van der Waals surface area contributed by atoms with Crippen LogP contribution in [-0.4, -0.2) is 13.1 Å². The first-order valence-corrected chi connectivity index (χ1v) is 1.97. The van der Waals surface area contributed by atoms with Gasteiger partial charge >= 0.3 is 0 Å². The normalized spacial score (nSPS) is 6.57. The van der Waals surface area contributed by atoms with E-state index in [4.69, 9.17) is 0 Å². The van der Waals surface area contributed by atoms with Crippen LogP contribution in [0, 0.1) is 0 Å². The molecule has 0 heterocycles. The van der Waals surface area contributed by atoms with Gasteiger partial charge in [-0.15, -0.1) is 0 Å². The first kappa shape index (κ1) is 6.12. The van der Waals surface area contributed by atoms with E-state index in [0.29, 0.717) is 0 Å². The van der Waals surface area contributed by atoms with Crippen molar-refractivity contribution in [1.29, 1.82) is 0 Å². The number of hydrogen-bond donors (Lipinski definition) is 0. The summed E-state index contributed by atoms with van der Waals surface area (Å²) >= 11 is 0. The Morgan fingerprint density at radius 2 is 2.29 bits per heavy atom. The second-order valence-corrected chi connectivity index (χ2v) is 1.17. The number of aliphatic imine (C=N–C) groups is 2. The zero-order valence-corrected chi connectivity index (χ0v) is 4.60. The maximum atomic E-state index is 3.63. The summed E-state index contributed by atoms with van der Waals surface area (Å²) in [5.41, 5.74) is 0.727. The molecule has 0 bridgehead atoms. The van der Waals surface area contributed by atoms with Crippen molar-refractivity contribution in [2.75, 3.05) is 7.05 Å². The van der Waals surface area contributed by atoms with Crippen LogP contribution in [0.2, 0.25) is 0 Å². The third kappa shape index (κ3) is 5.12. The monoisotopic (exact) mass is 96.1 g/mol. The Morgan fingerprint density at radius 3 is 2.43 bits per heavy atom. The molecule has 0 atom stereocenters. The number of nitrogens with zero attached hydrogens (tertiary/aromatic N) is 2. The molecule has 0 spiro atoms. The zero-order valence-electron chi connectivity index (χ0n) is 4.60. The summed E-state index contributed by atoms with van der Waals surface area (Å²) in [6, 6.07) is 2.40. The summed E-state index contributed by atoms with van der Waals surface area (Å²) < 4.78 is 0. The number of allylic oxidation sites excluding steroid dienone is 1. The van der Waals surface area contributed by atoms with Crippen molar-refractivity contribution < 1.29 is 0 Å². The molecular weight excluding hydrogens is 88.1 g/mol. The van der Waals surface area contributed by atoms with Gasteiger partial charge in [0.15, 0.2) is 0 Å². The van der Waals surface area contributed by atoms with Crippen LogP contribution in [0.15, 0.2) is 22.3 Å². The molecule has 0 saturated carbocycles. The maximum absolute atomic E-state index is 3.63. The highest BCUT2D eigenvalue weighted by molar-refractivity contribution is 5.42. The molecule has 0 aliphatic rings. The Bertz CT molecular complexity index is 118. The molecular formula is C5H8N2. The van der Waals surface area contributed by atoms with Gasteiger partial charge in [-0.05, 0) is 6.92 Å². The summed E-state index contributed by atoms with van der Waals surface area (Å²) in [7, 11) is 1.62. The van der Waals surface area contributed by atoms with Crippen LogP contribution in [-0.2, 0) is 0 Å². The third-order valence-corrected chi connectivity index (χ3v) is 0.341. The van der Waals surface area contributed by atoms with Crippen LogP contribution in [0.3, 0.4) is 0 Å². The van der Waals surface area contributed by atoms with Gasteiger partial charge in [0.25, 0.3) is 0 Å². The Kier molecular flexibility index (Phi) is 2.90. The number of hydrogen-bond acceptors (Lipinski definition) is 2. The Morgan fingerprint density at radius 1 is 1.71 bits per heavy atom. The van der Waals surface area contributed by atoms with Gasteiger partial charge in [-0.2, -0.15) is 4.99 Å². The van der Waals surface area contributed by atoms with Gasteiger partial charge in [0.2, 0.25) is 0 Å². The molecule has 0 saturated heterocycles. The van der Waals surface area contributed by atoms with Crippen LogP contribution < -0.4 is 0 Å². The molecule has 0 aliphatic heterocycles. The van der Waals surface area contributed by atoms with E-state index in [1.165, 1.54) is 0 Å².